The molecule has 0 spiro atoms. The first-order valence-electron chi connectivity index (χ1n) is 5.25. The fourth-order valence-electron chi connectivity index (χ4n) is 1.54. The van der Waals surface area contributed by atoms with E-state index >= 15 is 0 Å². The molecule has 2 aromatic rings. The van der Waals surface area contributed by atoms with Crippen LogP contribution in [-0.2, 0) is 0 Å². The molecule has 5 heteroatoms. The van der Waals surface area contributed by atoms with Crippen LogP contribution in [0.4, 0.5) is 30.2 Å². The van der Waals surface area contributed by atoms with Crippen molar-refractivity contribution in [3.05, 3.63) is 53.3 Å². The predicted octanol–water partition coefficient (Wildman–Crippen LogP) is 3.74. The Kier molecular flexibility index (Phi) is 3.14. The number of hydrogen-bond donors (Lipinski definition) is 2. The fourth-order valence-corrected chi connectivity index (χ4v) is 1.54. The Morgan fingerprint density at radius 1 is 1.06 bits per heavy atom. The predicted molar refractivity (Wildman–Crippen MR) is 65.2 cm³/mol. The van der Waals surface area contributed by atoms with E-state index < -0.39 is 17.5 Å². The second kappa shape index (κ2) is 4.60. The third kappa shape index (κ3) is 2.25. The Hall–Kier alpha value is -2.17. The maximum atomic E-state index is 13.7. The van der Waals surface area contributed by atoms with E-state index in [4.69, 9.17) is 5.73 Å². The molecule has 0 unspecified atom stereocenters. The molecular formula is C13H11F3N2. The van der Waals surface area contributed by atoms with Crippen molar-refractivity contribution in [2.24, 2.45) is 0 Å². The number of anilines is 3. The molecule has 0 aliphatic heterocycles. The van der Waals surface area contributed by atoms with Gasteiger partial charge in [0.2, 0.25) is 0 Å². The van der Waals surface area contributed by atoms with Gasteiger partial charge in [0.05, 0.1) is 11.4 Å². The maximum Gasteiger partial charge on any atom is 0.152 e. The van der Waals surface area contributed by atoms with Gasteiger partial charge in [0.1, 0.15) is 17.3 Å². The highest BCUT2D eigenvalue weighted by atomic mass is 19.1. The fraction of sp³-hybridized carbons (Fsp3) is 0.0769. The smallest absolute Gasteiger partial charge is 0.152 e. The Morgan fingerprint density at radius 2 is 1.78 bits per heavy atom. The largest absolute Gasteiger partial charge is 0.397 e. The number of halogens is 3. The van der Waals surface area contributed by atoms with Crippen LogP contribution in [0.15, 0.2) is 30.3 Å². The first-order valence-corrected chi connectivity index (χ1v) is 5.25. The van der Waals surface area contributed by atoms with E-state index in [-0.39, 0.29) is 22.6 Å². The van der Waals surface area contributed by atoms with Crippen LogP contribution in [0.25, 0.3) is 0 Å². The van der Waals surface area contributed by atoms with Gasteiger partial charge in [0, 0.05) is 0 Å². The van der Waals surface area contributed by atoms with E-state index in [9.17, 15) is 13.2 Å². The summed E-state index contributed by atoms with van der Waals surface area (Å²) in [7, 11) is 0. The summed E-state index contributed by atoms with van der Waals surface area (Å²) in [6.07, 6.45) is 0. The lowest BCUT2D eigenvalue weighted by molar-refractivity contribution is 0.584. The van der Waals surface area contributed by atoms with E-state index in [1.807, 2.05) is 0 Å². The first kappa shape index (κ1) is 12.3. The summed E-state index contributed by atoms with van der Waals surface area (Å²) in [6, 6.07) is 6.03. The molecule has 0 atom stereocenters. The lowest BCUT2D eigenvalue weighted by Crippen LogP contribution is -2.02. The summed E-state index contributed by atoms with van der Waals surface area (Å²) in [5.41, 5.74) is 5.88. The average Bonchev–Trinajstić information content (AvgIpc) is 2.34. The minimum absolute atomic E-state index is 0.124. The second-order valence-corrected chi connectivity index (χ2v) is 3.91. The lowest BCUT2D eigenvalue weighted by atomic mass is 10.2. The SMILES string of the molecule is Cc1ccc(F)c(Nc2cc(F)ccc2N)c1F. The Balaban J connectivity index is 2.46. The van der Waals surface area contributed by atoms with Crippen molar-refractivity contribution in [3.63, 3.8) is 0 Å². The summed E-state index contributed by atoms with van der Waals surface area (Å²) in [4.78, 5) is 0. The molecule has 0 radical (unpaired) electrons. The molecule has 0 aliphatic rings. The molecule has 0 aliphatic carbocycles. The number of nitrogens with one attached hydrogen (secondary N) is 1. The highest BCUT2D eigenvalue weighted by Gasteiger charge is 2.13. The third-order valence-electron chi connectivity index (χ3n) is 2.56. The highest BCUT2D eigenvalue weighted by molar-refractivity contribution is 5.73. The highest BCUT2D eigenvalue weighted by Crippen LogP contribution is 2.28. The van der Waals surface area contributed by atoms with Crippen molar-refractivity contribution in [2.75, 3.05) is 11.1 Å². The van der Waals surface area contributed by atoms with Crippen LogP contribution in [0.3, 0.4) is 0 Å². The van der Waals surface area contributed by atoms with E-state index in [0.29, 0.717) is 0 Å². The Morgan fingerprint density at radius 3 is 2.50 bits per heavy atom. The first-order chi connectivity index (χ1) is 8.49. The Labute approximate surface area is 102 Å². The summed E-state index contributed by atoms with van der Waals surface area (Å²) < 4.78 is 40.3. The summed E-state index contributed by atoms with van der Waals surface area (Å²) >= 11 is 0. The van der Waals surface area contributed by atoms with E-state index in [1.165, 1.54) is 25.1 Å². The zero-order valence-corrected chi connectivity index (χ0v) is 9.60. The molecule has 0 aromatic heterocycles. The minimum atomic E-state index is -0.762. The van der Waals surface area contributed by atoms with Crippen molar-refractivity contribution in [3.8, 4) is 0 Å². The molecule has 0 saturated heterocycles. The van der Waals surface area contributed by atoms with Crippen LogP contribution in [0.1, 0.15) is 5.56 Å². The number of hydrogen-bond acceptors (Lipinski definition) is 2. The minimum Gasteiger partial charge on any atom is -0.397 e. The molecular weight excluding hydrogens is 241 g/mol. The number of rotatable bonds is 2. The number of nitrogens with two attached hydrogens (primary N) is 1. The zero-order valence-electron chi connectivity index (χ0n) is 9.60. The van der Waals surface area contributed by atoms with E-state index in [2.05, 4.69) is 5.32 Å². The van der Waals surface area contributed by atoms with Gasteiger partial charge in [-0.1, -0.05) is 6.07 Å². The monoisotopic (exact) mass is 252 g/mol. The summed E-state index contributed by atoms with van der Waals surface area (Å²) in [5, 5.41) is 2.48. The van der Waals surface area contributed by atoms with Gasteiger partial charge in [-0.15, -0.1) is 0 Å². The standard InChI is InChI=1S/C13H11F3N2/c1-7-2-4-9(15)13(12(7)16)18-11-6-8(14)3-5-10(11)17/h2-6,18H,17H2,1H3. The molecule has 0 bridgehead atoms. The lowest BCUT2D eigenvalue weighted by Gasteiger charge is -2.12. The molecule has 3 N–H and O–H groups in total. The molecule has 2 nitrogen and oxygen atoms in total. The van der Waals surface area contributed by atoms with Crippen molar-refractivity contribution < 1.29 is 13.2 Å². The van der Waals surface area contributed by atoms with Crippen molar-refractivity contribution in [1.82, 2.24) is 0 Å². The van der Waals surface area contributed by atoms with Gasteiger partial charge < -0.3 is 11.1 Å². The zero-order chi connectivity index (χ0) is 13.3. The molecule has 2 aromatic carbocycles. The van der Waals surface area contributed by atoms with Crippen molar-refractivity contribution >= 4 is 17.1 Å². The topological polar surface area (TPSA) is 38.0 Å². The van der Waals surface area contributed by atoms with Gasteiger partial charge in [0.15, 0.2) is 5.82 Å². The van der Waals surface area contributed by atoms with E-state index in [0.717, 1.165) is 12.1 Å². The molecule has 0 amide bonds. The van der Waals surface area contributed by atoms with Crippen LogP contribution in [0.2, 0.25) is 0 Å². The van der Waals surface area contributed by atoms with Gasteiger partial charge >= 0.3 is 0 Å². The van der Waals surface area contributed by atoms with Crippen LogP contribution in [-0.4, -0.2) is 0 Å². The van der Waals surface area contributed by atoms with Crippen LogP contribution >= 0.6 is 0 Å². The average molecular weight is 252 g/mol. The second-order valence-electron chi connectivity index (χ2n) is 3.91. The quantitative estimate of drug-likeness (QED) is 0.799. The van der Waals surface area contributed by atoms with Gasteiger partial charge in [-0.25, -0.2) is 13.2 Å². The summed E-state index contributed by atoms with van der Waals surface area (Å²) in [5.74, 6) is -2.03. The number of aryl methyl sites for hydroxylation is 1. The summed E-state index contributed by atoms with van der Waals surface area (Å²) in [6.45, 7) is 1.51. The number of benzene rings is 2. The van der Waals surface area contributed by atoms with Gasteiger partial charge in [-0.2, -0.15) is 0 Å². The van der Waals surface area contributed by atoms with Crippen molar-refractivity contribution in [2.45, 2.75) is 6.92 Å². The van der Waals surface area contributed by atoms with Gasteiger partial charge in [0.25, 0.3) is 0 Å². The Bertz CT molecular complexity index is 597. The molecule has 2 rings (SSSR count). The van der Waals surface area contributed by atoms with Crippen LogP contribution in [0.5, 0.6) is 0 Å². The maximum absolute atomic E-state index is 13.7. The molecule has 94 valence electrons. The molecule has 18 heavy (non-hydrogen) atoms. The van der Waals surface area contributed by atoms with Gasteiger partial charge in [-0.3, -0.25) is 0 Å². The van der Waals surface area contributed by atoms with Crippen LogP contribution < -0.4 is 11.1 Å². The molecule has 0 heterocycles. The van der Waals surface area contributed by atoms with E-state index in [1.54, 1.807) is 0 Å². The normalized spacial score (nSPS) is 10.4. The van der Waals surface area contributed by atoms with Gasteiger partial charge in [-0.05, 0) is 36.8 Å². The molecule has 0 saturated carbocycles. The number of nitrogen functional groups attached to an aromatic ring is 1. The third-order valence-corrected chi connectivity index (χ3v) is 2.56. The van der Waals surface area contributed by atoms with Crippen molar-refractivity contribution in [1.29, 1.82) is 0 Å². The van der Waals surface area contributed by atoms with Crippen LogP contribution in [0, 0.1) is 24.4 Å². The molecule has 0 fully saturated rings.